The van der Waals surface area contributed by atoms with Crippen molar-refractivity contribution in [2.75, 3.05) is 0 Å². The van der Waals surface area contributed by atoms with E-state index in [9.17, 15) is 14.7 Å². The van der Waals surface area contributed by atoms with Crippen molar-refractivity contribution < 1.29 is 14.7 Å². The van der Waals surface area contributed by atoms with Gasteiger partial charge in [-0.05, 0) is 12.3 Å². The predicted octanol–water partition coefficient (Wildman–Crippen LogP) is 4.05. The minimum atomic E-state index is -0.407. The van der Waals surface area contributed by atoms with Gasteiger partial charge in [0.25, 0.3) is 5.91 Å². The van der Waals surface area contributed by atoms with Gasteiger partial charge in [-0.1, -0.05) is 65.7 Å². The minimum absolute atomic E-state index is 0.00344. The molecule has 1 rings (SSSR count). The lowest BCUT2D eigenvalue weighted by atomic mass is 9.96. The molecule has 2 N–H and O–H groups in total. The highest BCUT2D eigenvalue weighted by Gasteiger charge is 2.37. The van der Waals surface area contributed by atoms with Crippen LogP contribution >= 0.6 is 0 Å². The molecular formula is C18H31NO3. The fourth-order valence-electron chi connectivity index (χ4n) is 2.84. The van der Waals surface area contributed by atoms with E-state index in [0.717, 1.165) is 25.7 Å². The molecule has 0 saturated carbocycles. The first kappa shape index (κ1) is 18.7. The van der Waals surface area contributed by atoms with Crippen LogP contribution in [0.25, 0.3) is 0 Å². The summed E-state index contributed by atoms with van der Waals surface area (Å²) >= 11 is 0. The SMILES string of the molecule is CCCCCCCCCC(=O)C1=C(O)C(C(C)CC)NC1=O. The third-order valence-electron chi connectivity index (χ3n) is 4.56. The highest BCUT2D eigenvalue weighted by molar-refractivity contribution is 6.21. The zero-order chi connectivity index (χ0) is 16.5. The van der Waals surface area contributed by atoms with Crippen LogP contribution in [0.5, 0.6) is 0 Å². The standard InChI is InChI=1S/C18H31NO3/c1-4-6-7-8-9-10-11-12-14(20)15-17(21)16(13(3)5-2)19-18(15)22/h13,16,21H,4-12H2,1-3H3,(H,19,22). The molecule has 0 radical (unpaired) electrons. The van der Waals surface area contributed by atoms with Gasteiger partial charge in [-0.3, -0.25) is 9.59 Å². The highest BCUT2D eigenvalue weighted by Crippen LogP contribution is 2.24. The Hall–Kier alpha value is -1.32. The summed E-state index contributed by atoms with van der Waals surface area (Å²) in [5.74, 6) is -0.537. The maximum atomic E-state index is 12.2. The maximum Gasteiger partial charge on any atom is 0.259 e. The Kier molecular flexibility index (Phi) is 8.21. The number of aliphatic hydroxyl groups is 1. The number of aliphatic hydroxyl groups excluding tert-OH is 1. The fourth-order valence-corrected chi connectivity index (χ4v) is 2.84. The van der Waals surface area contributed by atoms with Gasteiger partial charge in [0, 0.05) is 6.42 Å². The molecule has 1 aliphatic rings. The van der Waals surface area contributed by atoms with Crippen molar-refractivity contribution >= 4 is 11.7 Å². The second-order valence-electron chi connectivity index (χ2n) is 6.39. The molecule has 0 bridgehead atoms. The summed E-state index contributed by atoms with van der Waals surface area (Å²) in [5, 5.41) is 12.9. The lowest BCUT2D eigenvalue weighted by molar-refractivity contribution is -0.122. The smallest absolute Gasteiger partial charge is 0.259 e. The van der Waals surface area contributed by atoms with Crippen molar-refractivity contribution in [2.45, 2.75) is 84.6 Å². The van der Waals surface area contributed by atoms with Crippen molar-refractivity contribution in [3.8, 4) is 0 Å². The number of unbranched alkanes of at least 4 members (excludes halogenated alkanes) is 6. The van der Waals surface area contributed by atoms with E-state index in [0.29, 0.717) is 6.42 Å². The van der Waals surface area contributed by atoms with Gasteiger partial charge in [0.2, 0.25) is 0 Å². The average molecular weight is 309 g/mol. The summed E-state index contributed by atoms with van der Waals surface area (Å²) in [6.07, 6.45) is 9.13. The number of hydrogen-bond acceptors (Lipinski definition) is 3. The second kappa shape index (κ2) is 9.65. The van der Waals surface area contributed by atoms with Crippen molar-refractivity contribution in [2.24, 2.45) is 5.92 Å². The summed E-state index contributed by atoms with van der Waals surface area (Å²) in [4.78, 5) is 24.1. The van der Waals surface area contributed by atoms with Crippen LogP contribution in [0.1, 0.15) is 78.6 Å². The first-order chi connectivity index (χ1) is 10.5. The number of nitrogens with one attached hydrogen (secondary N) is 1. The summed E-state index contributed by atoms with van der Waals surface area (Å²) in [5.41, 5.74) is -0.00344. The topological polar surface area (TPSA) is 66.4 Å². The molecule has 0 spiro atoms. The number of carbonyl (C=O) groups excluding carboxylic acids is 2. The van der Waals surface area contributed by atoms with Crippen LogP contribution < -0.4 is 5.32 Å². The molecule has 4 heteroatoms. The van der Waals surface area contributed by atoms with Gasteiger partial charge in [0.15, 0.2) is 5.78 Å². The van der Waals surface area contributed by atoms with Gasteiger partial charge < -0.3 is 10.4 Å². The summed E-state index contributed by atoms with van der Waals surface area (Å²) in [6, 6.07) is -0.398. The van der Waals surface area contributed by atoms with E-state index in [1.54, 1.807) is 0 Å². The monoisotopic (exact) mass is 309 g/mol. The summed E-state index contributed by atoms with van der Waals surface area (Å²) < 4.78 is 0. The van der Waals surface area contributed by atoms with E-state index < -0.39 is 11.9 Å². The third-order valence-corrected chi connectivity index (χ3v) is 4.56. The molecule has 0 fully saturated rings. The molecule has 126 valence electrons. The van der Waals surface area contributed by atoms with Gasteiger partial charge in [0.1, 0.15) is 11.3 Å². The zero-order valence-electron chi connectivity index (χ0n) is 14.3. The second-order valence-corrected chi connectivity index (χ2v) is 6.39. The Bertz CT molecular complexity index is 415. The van der Waals surface area contributed by atoms with Crippen LogP contribution in [0.3, 0.4) is 0 Å². The largest absolute Gasteiger partial charge is 0.509 e. The van der Waals surface area contributed by atoms with Crippen molar-refractivity contribution in [3.63, 3.8) is 0 Å². The number of Topliss-reactive ketones (excluding diaryl/α,β-unsaturated/α-hetero) is 1. The first-order valence-corrected chi connectivity index (χ1v) is 8.80. The summed E-state index contributed by atoms with van der Waals surface area (Å²) in [7, 11) is 0. The Balaban J connectivity index is 2.41. The van der Waals surface area contributed by atoms with Gasteiger partial charge in [0.05, 0.1) is 6.04 Å². The Labute approximate surface area is 134 Å². The highest BCUT2D eigenvalue weighted by atomic mass is 16.3. The first-order valence-electron chi connectivity index (χ1n) is 8.80. The minimum Gasteiger partial charge on any atom is -0.509 e. The Morgan fingerprint density at radius 3 is 2.32 bits per heavy atom. The Morgan fingerprint density at radius 2 is 1.73 bits per heavy atom. The third kappa shape index (κ3) is 5.15. The number of rotatable bonds is 11. The molecule has 0 aromatic heterocycles. The normalized spacial score (nSPS) is 19.4. The molecule has 22 heavy (non-hydrogen) atoms. The predicted molar refractivity (Wildman–Crippen MR) is 88.7 cm³/mol. The van der Waals surface area contributed by atoms with Gasteiger partial charge in [-0.2, -0.15) is 0 Å². The van der Waals surface area contributed by atoms with E-state index >= 15 is 0 Å². The molecule has 2 atom stereocenters. The number of hydrogen-bond donors (Lipinski definition) is 2. The quantitative estimate of drug-likeness (QED) is 0.447. The van der Waals surface area contributed by atoms with Crippen LogP contribution in [0, 0.1) is 5.92 Å². The average Bonchev–Trinajstić information content (AvgIpc) is 2.80. The van der Waals surface area contributed by atoms with Gasteiger partial charge in [-0.15, -0.1) is 0 Å². The molecule has 0 aliphatic carbocycles. The van der Waals surface area contributed by atoms with Crippen molar-refractivity contribution in [1.82, 2.24) is 5.32 Å². The van der Waals surface area contributed by atoms with Crippen molar-refractivity contribution in [1.29, 1.82) is 0 Å². The van der Waals surface area contributed by atoms with Crippen LogP contribution in [0.4, 0.5) is 0 Å². The van der Waals surface area contributed by atoms with E-state index in [2.05, 4.69) is 12.2 Å². The van der Waals surface area contributed by atoms with Crippen LogP contribution in [-0.2, 0) is 9.59 Å². The number of amides is 1. The van der Waals surface area contributed by atoms with Gasteiger partial charge >= 0.3 is 0 Å². The van der Waals surface area contributed by atoms with Crippen LogP contribution in [0.2, 0.25) is 0 Å². The lowest BCUT2D eigenvalue weighted by Gasteiger charge is -2.17. The molecule has 1 heterocycles. The van der Waals surface area contributed by atoms with Crippen molar-refractivity contribution in [3.05, 3.63) is 11.3 Å². The van der Waals surface area contributed by atoms with E-state index in [1.165, 1.54) is 25.7 Å². The molecule has 4 nitrogen and oxygen atoms in total. The number of ketones is 1. The maximum absolute atomic E-state index is 12.2. The van der Waals surface area contributed by atoms with Crippen LogP contribution in [0.15, 0.2) is 11.3 Å². The van der Waals surface area contributed by atoms with E-state index in [-0.39, 0.29) is 23.0 Å². The molecule has 1 amide bonds. The Morgan fingerprint density at radius 1 is 1.14 bits per heavy atom. The van der Waals surface area contributed by atoms with E-state index in [1.807, 2.05) is 13.8 Å². The molecule has 1 aliphatic heterocycles. The molecule has 0 aromatic rings. The lowest BCUT2D eigenvalue weighted by Crippen LogP contribution is -2.34. The molecule has 0 aromatic carbocycles. The molecule has 2 unspecified atom stereocenters. The summed E-state index contributed by atoms with van der Waals surface area (Å²) in [6.45, 7) is 6.16. The fraction of sp³-hybridized carbons (Fsp3) is 0.778. The van der Waals surface area contributed by atoms with E-state index in [4.69, 9.17) is 0 Å². The van der Waals surface area contributed by atoms with Crippen LogP contribution in [-0.4, -0.2) is 22.8 Å². The number of carbonyl (C=O) groups is 2. The van der Waals surface area contributed by atoms with Gasteiger partial charge in [-0.25, -0.2) is 0 Å². The zero-order valence-corrected chi connectivity index (χ0v) is 14.3. The molecular weight excluding hydrogens is 278 g/mol. The molecule has 0 saturated heterocycles.